The number of benzene rings is 2. The lowest BCUT2D eigenvalue weighted by atomic mass is 9.99. The molecule has 0 N–H and O–H groups in total. The summed E-state index contributed by atoms with van der Waals surface area (Å²) in [6.45, 7) is 2.15. The van der Waals surface area contributed by atoms with Crippen molar-refractivity contribution in [2.24, 2.45) is 0 Å². The Morgan fingerprint density at radius 2 is 1.76 bits per heavy atom. The van der Waals surface area contributed by atoms with Crippen molar-refractivity contribution in [1.29, 1.82) is 0 Å². The topological polar surface area (TPSA) is 48.3 Å². The van der Waals surface area contributed by atoms with Crippen LogP contribution in [-0.2, 0) is 12.7 Å². The average Bonchev–Trinajstić information content (AvgIpc) is 3.05. The van der Waals surface area contributed by atoms with E-state index in [1.54, 1.807) is 42.0 Å². The van der Waals surface area contributed by atoms with Crippen LogP contribution in [0.2, 0.25) is 0 Å². The Labute approximate surface area is 163 Å². The number of halogens is 3. The molecule has 0 fully saturated rings. The Morgan fingerprint density at radius 1 is 1.00 bits per heavy atom. The van der Waals surface area contributed by atoms with E-state index < -0.39 is 22.6 Å². The summed E-state index contributed by atoms with van der Waals surface area (Å²) in [7, 11) is 0. The molecule has 7 heteroatoms. The van der Waals surface area contributed by atoms with E-state index >= 15 is 0 Å². The monoisotopic (exact) mass is 399 g/mol. The largest absolute Gasteiger partial charge is 0.489 e. The maximum absolute atomic E-state index is 13.0. The fourth-order valence-corrected chi connectivity index (χ4v) is 3.52. The highest BCUT2D eigenvalue weighted by Gasteiger charge is 2.30. The van der Waals surface area contributed by atoms with Crippen LogP contribution in [0.5, 0.6) is 5.75 Å². The average molecular weight is 399 g/mol. The Balaban J connectivity index is 1.82. The predicted molar refractivity (Wildman–Crippen MR) is 104 cm³/mol. The molecule has 4 rings (SSSR count). The summed E-state index contributed by atoms with van der Waals surface area (Å²) in [5.74, 6) is 0.0412. The Bertz CT molecular complexity index is 1280. The zero-order chi connectivity index (χ0) is 20.8. The van der Waals surface area contributed by atoms with Crippen molar-refractivity contribution in [2.45, 2.75) is 19.6 Å². The first-order valence-electron chi connectivity index (χ1n) is 9.01. The van der Waals surface area contributed by atoms with E-state index in [-0.39, 0.29) is 24.5 Å². The minimum atomic E-state index is -4.42. The van der Waals surface area contributed by atoms with Crippen molar-refractivity contribution in [2.75, 3.05) is 6.61 Å². The lowest BCUT2D eigenvalue weighted by molar-refractivity contribution is -0.137. The summed E-state index contributed by atoms with van der Waals surface area (Å²) in [5, 5.41) is 0.729. The smallest absolute Gasteiger partial charge is 0.416 e. The minimum Gasteiger partial charge on any atom is -0.489 e. The van der Waals surface area contributed by atoms with E-state index in [4.69, 9.17) is 4.74 Å². The van der Waals surface area contributed by atoms with Crippen LogP contribution in [-0.4, -0.2) is 11.2 Å². The SMILES string of the molecule is CCOc1c(-c2cn(Cc3cccc(C(F)(F)F)c3)c3ccccc23)c(=O)c1=O. The number of hydrogen-bond acceptors (Lipinski definition) is 3. The van der Waals surface area contributed by atoms with Crippen LogP contribution in [0, 0.1) is 0 Å². The molecule has 0 aliphatic carbocycles. The van der Waals surface area contributed by atoms with Crippen LogP contribution in [0.4, 0.5) is 13.2 Å². The van der Waals surface area contributed by atoms with Gasteiger partial charge in [-0.25, -0.2) is 0 Å². The summed E-state index contributed by atoms with van der Waals surface area (Å²) >= 11 is 0. The van der Waals surface area contributed by atoms with Crippen LogP contribution < -0.4 is 15.6 Å². The molecule has 0 amide bonds. The number of para-hydroxylation sites is 1. The first-order valence-corrected chi connectivity index (χ1v) is 9.01. The third-order valence-electron chi connectivity index (χ3n) is 4.82. The number of rotatable bonds is 5. The highest BCUT2D eigenvalue weighted by molar-refractivity contribution is 5.98. The predicted octanol–water partition coefficient (Wildman–Crippen LogP) is 4.37. The van der Waals surface area contributed by atoms with Crippen molar-refractivity contribution < 1.29 is 17.9 Å². The summed E-state index contributed by atoms with van der Waals surface area (Å²) in [4.78, 5) is 24.0. The van der Waals surface area contributed by atoms with Crippen molar-refractivity contribution >= 4 is 10.9 Å². The number of nitrogens with zero attached hydrogens (tertiary/aromatic N) is 1. The van der Waals surface area contributed by atoms with E-state index in [9.17, 15) is 22.8 Å². The molecular formula is C22H16F3NO3. The Kier molecular flexibility index (Phi) is 4.53. The van der Waals surface area contributed by atoms with Crippen LogP contribution in [0.3, 0.4) is 0 Å². The molecule has 0 atom stereocenters. The zero-order valence-electron chi connectivity index (χ0n) is 15.4. The Hall–Kier alpha value is -3.35. The lowest BCUT2D eigenvalue weighted by Gasteiger charge is -2.10. The maximum atomic E-state index is 13.0. The highest BCUT2D eigenvalue weighted by atomic mass is 19.4. The molecule has 0 aliphatic heterocycles. The second-order valence-electron chi connectivity index (χ2n) is 6.68. The second kappa shape index (κ2) is 6.92. The summed E-state index contributed by atoms with van der Waals surface area (Å²) in [6, 6.07) is 12.4. The van der Waals surface area contributed by atoms with E-state index in [2.05, 4.69) is 0 Å². The second-order valence-corrected chi connectivity index (χ2v) is 6.68. The van der Waals surface area contributed by atoms with Gasteiger partial charge in [0.2, 0.25) is 5.43 Å². The number of ether oxygens (including phenoxy) is 1. The normalized spacial score (nSPS) is 12.0. The van der Waals surface area contributed by atoms with Gasteiger partial charge in [0.25, 0.3) is 5.43 Å². The van der Waals surface area contributed by atoms with Gasteiger partial charge < -0.3 is 9.30 Å². The zero-order valence-corrected chi connectivity index (χ0v) is 15.4. The Morgan fingerprint density at radius 3 is 2.48 bits per heavy atom. The van der Waals surface area contributed by atoms with Gasteiger partial charge in [0.15, 0.2) is 5.75 Å². The van der Waals surface area contributed by atoms with Gasteiger partial charge in [0.05, 0.1) is 17.7 Å². The molecule has 1 heterocycles. The summed E-state index contributed by atoms with van der Waals surface area (Å²) in [5.41, 5.74) is -0.00574. The van der Waals surface area contributed by atoms with Gasteiger partial charge in [-0.05, 0) is 30.7 Å². The summed E-state index contributed by atoms with van der Waals surface area (Å²) in [6.07, 6.45) is -2.74. The molecule has 4 aromatic rings. The lowest BCUT2D eigenvalue weighted by Crippen LogP contribution is -2.34. The van der Waals surface area contributed by atoms with Gasteiger partial charge >= 0.3 is 6.18 Å². The molecule has 0 radical (unpaired) electrons. The first kappa shape index (κ1) is 19.0. The van der Waals surface area contributed by atoms with Crippen molar-refractivity contribution in [3.05, 3.63) is 86.3 Å². The molecule has 0 spiro atoms. The third-order valence-corrected chi connectivity index (χ3v) is 4.82. The molecule has 0 aliphatic rings. The van der Waals surface area contributed by atoms with E-state index in [0.717, 1.165) is 23.0 Å². The molecule has 1 aromatic heterocycles. The van der Waals surface area contributed by atoms with E-state index in [0.29, 0.717) is 11.1 Å². The van der Waals surface area contributed by atoms with Crippen LogP contribution in [0.15, 0.2) is 64.3 Å². The standard InChI is InChI=1S/C22H16F3NO3/c1-2-29-21-18(19(27)20(21)28)16-12-26(17-9-4-3-8-15(16)17)11-13-6-5-7-14(10-13)22(23,24)25/h3-10,12H,2,11H2,1H3. The fourth-order valence-electron chi connectivity index (χ4n) is 3.52. The molecule has 29 heavy (non-hydrogen) atoms. The molecular weight excluding hydrogens is 383 g/mol. The van der Waals surface area contributed by atoms with Crippen LogP contribution in [0.25, 0.3) is 22.0 Å². The van der Waals surface area contributed by atoms with Gasteiger partial charge in [0, 0.05) is 29.2 Å². The van der Waals surface area contributed by atoms with Crippen LogP contribution in [0.1, 0.15) is 18.1 Å². The van der Waals surface area contributed by atoms with E-state index in [1.807, 2.05) is 6.07 Å². The number of fused-ring (bicyclic) bond motifs is 1. The highest BCUT2D eigenvalue weighted by Crippen LogP contribution is 2.35. The number of hydrogen-bond donors (Lipinski definition) is 0. The van der Waals surface area contributed by atoms with Gasteiger partial charge in [0.1, 0.15) is 0 Å². The number of aromatic nitrogens is 1. The molecule has 0 saturated heterocycles. The molecule has 3 aromatic carbocycles. The quantitative estimate of drug-likeness (QED) is 0.468. The van der Waals surface area contributed by atoms with Gasteiger partial charge in [-0.1, -0.05) is 30.3 Å². The van der Waals surface area contributed by atoms with Crippen molar-refractivity contribution in [3.63, 3.8) is 0 Å². The molecule has 148 valence electrons. The van der Waals surface area contributed by atoms with Crippen molar-refractivity contribution in [3.8, 4) is 16.9 Å². The molecule has 0 bridgehead atoms. The third kappa shape index (κ3) is 3.22. The van der Waals surface area contributed by atoms with Crippen molar-refractivity contribution in [1.82, 2.24) is 4.57 Å². The number of alkyl halides is 3. The first-order chi connectivity index (χ1) is 13.8. The molecule has 4 nitrogen and oxygen atoms in total. The molecule has 0 saturated carbocycles. The fraction of sp³-hybridized carbons (Fsp3) is 0.182. The maximum Gasteiger partial charge on any atom is 0.416 e. The van der Waals surface area contributed by atoms with Crippen LogP contribution >= 0.6 is 0 Å². The summed E-state index contributed by atoms with van der Waals surface area (Å²) < 4.78 is 46.2. The van der Waals surface area contributed by atoms with E-state index in [1.165, 1.54) is 6.07 Å². The van der Waals surface area contributed by atoms with Gasteiger partial charge in [-0.15, -0.1) is 0 Å². The minimum absolute atomic E-state index is 0.0412. The molecule has 0 unspecified atom stereocenters. The van der Waals surface area contributed by atoms with Gasteiger partial charge in [-0.2, -0.15) is 13.2 Å². The van der Waals surface area contributed by atoms with Gasteiger partial charge in [-0.3, -0.25) is 9.59 Å².